The van der Waals surface area contributed by atoms with Gasteiger partial charge in [-0.3, -0.25) is 4.98 Å². The average Bonchev–Trinajstić information content (AvgIpc) is 2.45. The number of benzene rings is 1. The van der Waals surface area contributed by atoms with Gasteiger partial charge >= 0.3 is 5.97 Å². The monoisotopic (exact) mass is 306 g/mol. The minimum Gasteiger partial charge on any atom is -0.462 e. The van der Waals surface area contributed by atoms with E-state index in [-0.39, 0.29) is 12.2 Å². The number of hydrogen-bond acceptors (Lipinski definition) is 4. The summed E-state index contributed by atoms with van der Waals surface area (Å²) in [6.45, 7) is 1.93. The summed E-state index contributed by atoms with van der Waals surface area (Å²) in [6.07, 6.45) is 4.92. The SMILES string of the molecule is CCOC(=O)c1cnc2ccc(F)cc2c1S(C)(C)C#N. The van der Waals surface area contributed by atoms with Crippen LogP contribution in [0.5, 0.6) is 0 Å². The van der Waals surface area contributed by atoms with E-state index < -0.39 is 21.8 Å². The summed E-state index contributed by atoms with van der Waals surface area (Å²) in [6, 6.07) is 4.15. The molecule has 0 spiro atoms. The first-order chi connectivity index (χ1) is 9.90. The highest BCUT2D eigenvalue weighted by Crippen LogP contribution is 2.52. The second-order valence-electron chi connectivity index (χ2n) is 4.80. The van der Waals surface area contributed by atoms with E-state index in [1.807, 2.05) is 0 Å². The second kappa shape index (κ2) is 5.70. The van der Waals surface area contributed by atoms with Gasteiger partial charge in [-0.1, -0.05) is 0 Å². The van der Waals surface area contributed by atoms with Crippen molar-refractivity contribution in [2.24, 2.45) is 0 Å². The number of carbonyl (C=O) groups excluding carboxylic acids is 1. The molecule has 0 atom stereocenters. The Labute approximate surface area is 123 Å². The number of thiocyanates is 1. The predicted molar refractivity (Wildman–Crippen MR) is 81.0 cm³/mol. The molecule has 2 aromatic rings. The van der Waals surface area contributed by atoms with Crippen molar-refractivity contribution in [1.29, 1.82) is 5.26 Å². The minimum atomic E-state index is -1.94. The molecule has 0 aliphatic heterocycles. The van der Waals surface area contributed by atoms with Crippen LogP contribution in [0.2, 0.25) is 0 Å². The van der Waals surface area contributed by atoms with Gasteiger partial charge in [0.25, 0.3) is 0 Å². The van der Waals surface area contributed by atoms with E-state index in [1.54, 1.807) is 19.4 Å². The van der Waals surface area contributed by atoms with Crippen LogP contribution in [-0.4, -0.2) is 30.1 Å². The molecule has 0 bridgehead atoms. The van der Waals surface area contributed by atoms with Gasteiger partial charge in [-0.05, 0) is 37.6 Å². The maximum atomic E-state index is 13.6. The van der Waals surface area contributed by atoms with Gasteiger partial charge in [0.05, 0.1) is 17.7 Å². The molecule has 110 valence electrons. The lowest BCUT2D eigenvalue weighted by molar-refractivity contribution is 0.0522. The van der Waals surface area contributed by atoms with E-state index in [9.17, 15) is 14.4 Å². The molecule has 0 unspecified atom stereocenters. The summed E-state index contributed by atoms with van der Waals surface area (Å²) in [5.41, 5.74) is 0.784. The zero-order valence-electron chi connectivity index (χ0n) is 12.0. The van der Waals surface area contributed by atoms with E-state index in [1.165, 1.54) is 24.4 Å². The van der Waals surface area contributed by atoms with Crippen LogP contribution in [0.25, 0.3) is 10.9 Å². The van der Waals surface area contributed by atoms with Crippen LogP contribution in [0.15, 0.2) is 29.3 Å². The average molecular weight is 306 g/mol. The number of carbonyl (C=O) groups is 1. The van der Waals surface area contributed by atoms with Crippen LogP contribution < -0.4 is 0 Å². The molecule has 0 saturated heterocycles. The van der Waals surface area contributed by atoms with Crippen molar-refractivity contribution in [2.75, 3.05) is 19.1 Å². The molecule has 6 heteroatoms. The summed E-state index contributed by atoms with van der Waals surface area (Å²) in [5.74, 6) is -0.971. The number of pyridine rings is 1. The third kappa shape index (κ3) is 2.83. The van der Waals surface area contributed by atoms with Crippen molar-refractivity contribution in [3.63, 3.8) is 0 Å². The Balaban J connectivity index is 2.84. The standard InChI is InChI=1S/C15H15FN2O2S/c1-4-20-15(19)12-8-18-13-6-5-10(16)7-11(13)14(12)21(2,3)9-17/h5-8H,4H2,1-3H3. The molecule has 0 aliphatic rings. The fraction of sp³-hybridized carbons (Fsp3) is 0.267. The van der Waals surface area contributed by atoms with Crippen LogP contribution in [0, 0.1) is 16.5 Å². The molecular weight excluding hydrogens is 291 g/mol. The quantitative estimate of drug-likeness (QED) is 0.643. The van der Waals surface area contributed by atoms with Crippen molar-refractivity contribution >= 4 is 26.9 Å². The van der Waals surface area contributed by atoms with Crippen molar-refractivity contribution in [3.8, 4) is 5.40 Å². The first kappa shape index (κ1) is 15.3. The van der Waals surface area contributed by atoms with Gasteiger partial charge in [-0.15, -0.1) is 10.0 Å². The summed E-state index contributed by atoms with van der Waals surface area (Å²) < 4.78 is 18.6. The van der Waals surface area contributed by atoms with Crippen LogP contribution >= 0.6 is 10.0 Å². The third-order valence-electron chi connectivity index (χ3n) is 3.01. The van der Waals surface area contributed by atoms with Gasteiger partial charge in [0.2, 0.25) is 0 Å². The Morgan fingerprint density at radius 2 is 2.19 bits per heavy atom. The maximum absolute atomic E-state index is 13.6. The molecule has 1 aromatic heterocycles. The summed E-state index contributed by atoms with van der Waals surface area (Å²) in [7, 11) is -1.94. The van der Waals surface area contributed by atoms with Gasteiger partial charge in [0, 0.05) is 16.5 Å². The topological polar surface area (TPSA) is 63.0 Å². The molecule has 1 aromatic carbocycles. The first-order valence-electron chi connectivity index (χ1n) is 6.30. The van der Waals surface area contributed by atoms with Gasteiger partial charge < -0.3 is 4.74 Å². The Bertz CT molecular complexity index is 753. The van der Waals surface area contributed by atoms with Crippen LogP contribution in [0.3, 0.4) is 0 Å². The van der Waals surface area contributed by atoms with Crippen LogP contribution in [0.1, 0.15) is 17.3 Å². The van der Waals surface area contributed by atoms with E-state index in [2.05, 4.69) is 10.4 Å². The number of esters is 1. The van der Waals surface area contributed by atoms with Gasteiger partial charge in [-0.25, -0.2) is 9.18 Å². The Morgan fingerprint density at radius 3 is 2.81 bits per heavy atom. The van der Waals surface area contributed by atoms with Gasteiger partial charge in [-0.2, -0.15) is 5.26 Å². The number of fused-ring (bicyclic) bond motifs is 1. The summed E-state index contributed by atoms with van der Waals surface area (Å²) in [4.78, 5) is 16.8. The van der Waals surface area contributed by atoms with Crippen molar-refractivity contribution in [3.05, 3.63) is 35.8 Å². The summed E-state index contributed by atoms with van der Waals surface area (Å²) >= 11 is 0. The Morgan fingerprint density at radius 1 is 1.48 bits per heavy atom. The predicted octanol–water partition coefficient (Wildman–Crippen LogP) is 3.45. The van der Waals surface area contributed by atoms with Crippen LogP contribution in [-0.2, 0) is 4.74 Å². The van der Waals surface area contributed by atoms with Crippen molar-refractivity contribution < 1.29 is 13.9 Å². The zero-order chi connectivity index (χ0) is 15.6. The molecule has 0 aliphatic carbocycles. The Hall–Kier alpha value is -2.13. The van der Waals surface area contributed by atoms with Gasteiger partial charge in [0.1, 0.15) is 11.2 Å². The lowest BCUT2D eigenvalue weighted by Gasteiger charge is -2.25. The lowest BCUT2D eigenvalue weighted by Crippen LogP contribution is -2.11. The highest BCUT2D eigenvalue weighted by atomic mass is 32.3. The Kier molecular flexibility index (Phi) is 4.14. The second-order valence-corrected chi connectivity index (χ2v) is 8.05. The third-order valence-corrected chi connectivity index (χ3v) is 4.93. The number of nitriles is 1. The van der Waals surface area contributed by atoms with Crippen molar-refractivity contribution in [1.82, 2.24) is 4.98 Å². The molecule has 0 fully saturated rings. The molecule has 1 heterocycles. The normalized spacial score (nSPS) is 12.0. The highest BCUT2D eigenvalue weighted by molar-refractivity contribution is 8.36. The molecule has 0 N–H and O–H groups in total. The fourth-order valence-corrected chi connectivity index (χ4v) is 3.58. The maximum Gasteiger partial charge on any atom is 0.340 e. The first-order valence-corrected chi connectivity index (χ1v) is 8.75. The molecule has 0 saturated carbocycles. The molecule has 21 heavy (non-hydrogen) atoms. The van der Waals surface area contributed by atoms with E-state index in [0.29, 0.717) is 15.8 Å². The fourth-order valence-electron chi connectivity index (χ4n) is 2.09. The van der Waals surface area contributed by atoms with E-state index in [4.69, 9.17) is 4.74 Å². The zero-order valence-corrected chi connectivity index (χ0v) is 12.8. The van der Waals surface area contributed by atoms with Crippen LogP contribution in [0.4, 0.5) is 4.39 Å². The molecular formula is C15H15FN2O2S. The molecule has 0 radical (unpaired) electrons. The number of halogens is 1. The number of rotatable bonds is 3. The molecule has 0 amide bonds. The number of nitrogens with zero attached hydrogens (tertiary/aromatic N) is 2. The minimum absolute atomic E-state index is 0.224. The summed E-state index contributed by atoms with van der Waals surface area (Å²) in [5, 5.41) is 12.2. The highest BCUT2D eigenvalue weighted by Gasteiger charge is 2.26. The van der Waals surface area contributed by atoms with Crippen molar-refractivity contribution in [2.45, 2.75) is 11.8 Å². The smallest absolute Gasteiger partial charge is 0.340 e. The number of aromatic nitrogens is 1. The van der Waals surface area contributed by atoms with Gasteiger partial charge in [0.15, 0.2) is 0 Å². The number of ether oxygens (including phenoxy) is 1. The largest absolute Gasteiger partial charge is 0.462 e. The molecule has 4 nitrogen and oxygen atoms in total. The van der Waals surface area contributed by atoms with E-state index in [0.717, 1.165) is 0 Å². The molecule has 2 rings (SSSR count). The lowest BCUT2D eigenvalue weighted by atomic mass is 10.1. The van der Waals surface area contributed by atoms with E-state index >= 15 is 0 Å². The number of hydrogen-bond donors (Lipinski definition) is 0.